The van der Waals surface area contributed by atoms with Crippen LogP contribution in [0.1, 0.15) is 11.3 Å². The van der Waals surface area contributed by atoms with E-state index in [4.69, 9.17) is 22.4 Å². The van der Waals surface area contributed by atoms with E-state index in [1.807, 2.05) is 49.4 Å². The molecule has 0 atom stereocenters. The first-order valence-corrected chi connectivity index (χ1v) is 11.3. The molecule has 0 radical (unpaired) electrons. The van der Waals surface area contributed by atoms with Crippen LogP contribution in [0.3, 0.4) is 0 Å². The summed E-state index contributed by atoms with van der Waals surface area (Å²) in [7, 11) is 0. The van der Waals surface area contributed by atoms with Crippen molar-refractivity contribution in [3.63, 3.8) is 0 Å². The Balaban J connectivity index is 1.64. The van der Waals surface area contributed by atoms with Gasteiger partial charge in [-0.15, -0.1) is 0 Å². The first kappa shape index (κ1) is 21.1. The molecule has 0 bridgehead atoms. The number of fused-ring (bicyclic) bond motifs is 2. The minimum absolute atomic E-state index is 0.196. The van der Waals surface area contributed by atoms with Gasteiger partial charge < -0.3 is 5.73 Å². The number of H-pyrrole nitrogens is 1. The van der Waals surface area contributed by atoms with Crippen molar-refractivity contribution in [1.29, 1.82) is 0 Å². The van der Waals surface area contributed by atoms with Gasteiger partial charge in [-0.05, 0) is 36.1 Å². The molecule has 2 aromatic carbocycles. The van der Waals surface area contributed by atoms with E-state index in [0.29, 0.717) is 33.0 Å². The molecular weight excluding hydrogens is 464 g/mol. The van der Waals surface area contributed by atoms with Gasteiger partial charge in [0.15, 0.2) is 5.65 Å². The van der Waals surface area contributed by atoms with E-state index in [2.05, 4.69) is 20.2 Å². The molecule has 0 fully saturated rings. The number of hydrogen-bond donors (Lipinski definition) is 2. The largest absolute Gasteiger partial charge is 0.383 e. The Labute approximate surface area is 203 Å². The van der Waals surface area contributed by atoms with Crippen LogP contribution < -0.4 is 11.3 Å². The highest BCUT2D eigenvalue weighted by Crippen LogP contribution is 2.30. The standard InChI is InChI=1S/C25H19ClN8O/c1-14-5-2-3-8-19(14)34-17(9-15-6-4-7-18(26)20(15)25(34)35)12-33-24-21(23(27)28-13-29-24)22(32-33)16-10-30-31-11-16/h2-11,13H,12H2,1H3,(H,30,31)(H2,27,28,29). The summed E-state index contributed by atoms with van der Waals surface area (Å²) in [6.45, 7) is 2.23. The third-order valence-electron chi connectivity index (χ3n) is 6.07. The lowest BCUT2D eigenvalue weighted by Crippen LogP contribution is -2.24. The minimum atomic E-state index is -0.196. The second-order valence-electron chi connectivity index (χ2n) is 8.22. The van der Waals surface area contributed by atoms with Crippen molar-refractivity contribution in [2.24, 2.45) is 0 Å². The summed E-state index contributed by atoms with van der Waals surface area (Å²) in [5, 5.41) is 13.9. The van der Waals surface area contributed by atoms with E-state index < -0.39 is 0 Å². The molecule has 0 aliphatic carbocycles. The number of halogens is 1. The van der Waals surface area contributed by atoms with Crippen LogP contribution in [-0.2, 0) is 6.54 Å². The highest BCUT2D eigenvalue weighted by molar-refractivity contribution is 6.35. The molecule has 4 aromatic heterocycles. The maximum atomic E-state index is 13.8. The molecule has 6 aromatic rings. The lowest BCUT2D eigenvalue weighted by Gasteiger charge is -2.17. The van der Waals surface area contributed by atoms with Gasteiger partial charge in [-0.3, -0.25) is 14.5 Å². The van der Waals surface area contributed by atoms with E-state index in [1.54, 1.807) is 27.7 Å². The molecule has 35 heavy (non-hydrogen) atoms. The van der Waals surface area contributed by atoms with Crippen molar-refractivity contribution in [2.45, 2.75) is 13.5 Å². The van der Waals surface area contributed by atoms with Gasteiger partial charge in [-0.1, -0.05) is 41.9 Å². The Bertz CT molecular complexity index is 1790. The molecule has 3 N–H and O–H groups in total. The highest BCUT2D eigenvalue weighted by Gasteiger charge is 2.20. The SMILES string of the molecule is Cc1ccccc1-n1c(Cn2nc(-c3cn[nH]c3)c3c(N)ncnc32)cc2cccc(Cl)c2c1=O. The van der Waals surface area contributed by atoms with Crippen molar-refractivity contribution in [2.75, 3.05) is 5.73 Å². The van der Waals surface area contributed by atoms with Crippen molar-refractivity contribution < 1.29 is 0 Å². The normalized spacial score (nSPS) is 11.5. The van der Waals surface area contributed by atoms with Crippen molar-refractivity contribution in [3.05, 3.63) is 93.9 Å². The number of rotatable bonds is 4. The number of aryl methyl sites for hydroxylation is 1. The zero-order chi connectivity index (χ0) is 24.1. The van der Waals surface area contributed by atoms with Gasteiger partial charge in [0.1, 0.15) is 17.8 Å². The number of para-hydroxylation sites is 1. The van der Waals surface area contributed by atoms with E-state index in [0.717, 1.165) is 27.9 Å². The summed E-state index contributed by atoms with van der Waals surface area (Å²) in [6.07, 6.45) is 4.81. The van der Waals surface area contributed by atoms with Crippen molar-refractivity contribution in [1.82, 2.24) is 34.5 Å². The van der Waals surface area contributed by atoms with Crippen LogP contribution >= 0.6 is 11.6 Å². The number of hydrogen-bond acceptors (Lipinski definition) is 6. The summed E-state index contributed by atoms with van der Waals surface area (Å²) in [5.74, 6) is 0.319. The topological polar surface area (TPSA) is 120 Å². The zero-order valence-electron chi connectivity index (χ0n) is 18.6. The minimum Gasteiger partial charge on any atom is -0.383 e. The number of anilines is 1. The van der Waals surface area contributed by atoms with Gasteiger partial charge in [0.2, 0.25) is 0 Å². The molecule has 0 saturated heterocycles. The van der Waals surface area contributed by atoms with Crippen molar-refractivity contribution in [3.8, 4) is 16.9 Å². The molecule has 0 spiro atoms. The van der Waals surface area contributed by atoms with Crippen LogP contribution in [0.5, 0.6) is 0 Å². The molecule has 0 aliphatic rings. The highest BCUT2D eigenvalue weighted by atomic mass is 35.5. The third kappa shape index (κ3) is 3.36. The first-order valence-electron chi connectivity index (χ1n) is 10.9. The van der Waals surface area contributed by atoms with Gasteiger partial charge in [0, 0.05) is 17.5 Å². The number of nitrogen functional groups attached to an aromatic ring is 1. The molecule has 9 nitrogen and oxygen atoms in total. The van der Waals surface area contributed by atoms with E-state index in [9.17, 15) is 4.79 Å². The van der Waals surface area contributed by atoms with Gasteiger partial charge >= 0.3 is 0 Å². The number of pyridine rings is 1. The second kappa shape index (κ2) is 8.07. The molecule has 10 heteroatoms. The summed E-state index contributed by atoms with van der Waals surface area (Å²) in [5.41, 5.74) is 10.4. The molecule has 0 saturated carbocycles. The molecule has 0 unspecified atom stereocenters. The number of nitrogens with zero attached hydrogens (tertiary/aromatic N) is 6. The molecular formula is C25H19ClN8O. The van der Waals surface area contributed by atoms with Crippen LogP contribution in [0.25, 0.3) is 38.8 Å². The Hall–Kier alpha value is -4.50. The van der Waals surface area contributed by atoms with Crippen molar-refractivity contribution >= 4 is 39.2 Å². The lowest BCUT2D eigenvalue weighted by atomic mass is 10.1. The molecule has 4 heterocycles. The lowest BCUT2D eigenvalue weighted by molar-refractivity contribution is 0.672. The number of aromatic nitrogens is 7. The Kier molecular flexibility index (Phi) is 4.85. The van der Waals surface area contributed by atoms with E-state index in [1.165, 1.54) is 6.33 Å². The van der Waals surface area contributed by atoms with E-state index >= 15 is 0 Å². The molecule has 0 amide bonds. The number of aromatic amines is 1. The average Bonchev–Trinajstić information content (AvgIpc) is 3.49. The predicted molar refractivity (Wildman–Crippen MR) is 136 cm³/mol. The monoisotopic (exact) mass is 482 g/mol. The predicted octanol–water partition coefficient (Wildman–Crippen LogP) is 4.11. The van der Waals surface area contributed by atoms with Crippen LogP contribution in [0.4, 0.5) is 5.82 Å². The van der Waals surface area contributed by atoms with Gasteiger partial charge in [-0.25, -0.2) is 14.6 Å². The first-order chi connectivity index (χ1) is 17.0. The maximum Gasteiger partial charge on any atom is 0.264 e. The maximum absolute atomic E-state index is 13.8. The summed E-state index contributed by atoms with van der Waals surface area (Å²) >= 11 is 6.46. The average molecular weight is 483 g/mol. The Morgan fingerprint density at radius 2 is 1.94 bits per heavy atom. The van der Waals surface area contributed by atoms with Crippen LogP contribution in [0.2, 0.25) is 5.02 Å². The summed E-state index contributed by atoms with van der Waals surface area (Å²) < 4.78 is 3.43. The molecule has 172 valence electrons. The Morgan fingerprint density at radius 3 is 2.74 bits per heavy atom. The Morgan fingerprint density at radius 1 is 1.09 bits per heavy atom. The third-order valence-corrected chi connectivity index (χ3v) is 6.39. The summed E-state index contributed by atoms with van der Waals surface area (Å²) in [4.78, 5) is 22.4. The van der Waals surface area contributed by atoms with Gasteiger partial charge in [0.05, 0.1) is 34.2 Å². The number of benzene rings is 2. The quantitative estimate of drug-likeness (QED) is 0.390. The van der Waals surface area contributed by atoms with Crippen LogP contribution in [0, 0.1) is 6.92 Å². The van der Waals surface area contributed by atoms with E-state index in [-0.39, 0.29) is 12.1 Å². The van der Waals surface area contributed by atoms with Gasteiger partial charge in [-0.2, -0.15) is 10.2 Å². The van der Waals surface area contributed by atoms with Crippen LogP contribution in [0.15, 0.2) is 72.0 Å². The van der Waals surface area contributed by atoms with Crippen LogP contribution in [-0.4, -0.2) is 34.5 Å². The fourth-order valence-electron chi connectivity index (χ4n) is 4.44. The molecule has 0 aliphatic heterocycles. The smallest absolute Gasteiger partial charge is 0.264 e. The second-order valence-corrected chi connectivity index (χ2v) is 8.62. The fraction of sp³-hybridized carbons (Fsp3) is 0.0800. The molecule has 6 rings (SSSR count). The zero-order valence-corrected chi connectivity index (χ0v) is 19.4. The fourth-order valence-corrected chi connectivity index (χ4v) is 4.71. The number of nitrogens with one attached hydrogen (secondary N) is 1. The van der Waals surface area contributed by atoms with Gasteiger partial charge in [0.25, 0.3) is 5.56 Å². The summed E-state index contributed by atoms with van der Waals surface area (Å²) in [6, 6.07) is 15.1. The number of nitrogens with two attached hydrogens (primary N) is 1.